The first-order valence-corrected chi connectivity index (χ1v) is 9.53. The average Bonchev–Trinajstić information content (AvgIpc) is 3.00. The number of carbonyl (C=O) groups excluding carboxylic acids is 2. The monoisotopic (exact) mass is 382 g/mol. The van der Waals surface area contributed by atoms with Crippen LogP contribution in [0.3, 0.4) is 0 Å². The van der Waals surface area contributed by atoms with Gasteiger partial charge in [-0.2, -0.15) is 0 Å². The highest BCUT2D eigenvalue weighted by Crippen LogP contribution is 2.37. The fourth-order valence-corrected chi connectivity index (χ4v) is 3.65. The molecule has 0 unspecified atom stereocenters. The highest BCUT2D eigenvalue weighted by molar-refractivity contribution is 6.46. The van der Waals surface area contributed by atoms with Gasteiger partial charge in [-0.1, -0.05) is 60.7 Å². The van der Waals surface area contributed by atoms with E-state index in [0.29, 0.717) is 17.0 Å². The van der Waals surface area contributed by atoms with Crippen LogP contribution in [0.15, 0.2) is 84.6 Å². The third-order valence-electron chi connectivity index (χ3n) is 5.21. The van der Waals surface area contributed by atoms with Crippen molar-refractivity contribution in [3.8, 4) is 0 Å². The molecule has 3 aromatic rings. The predicted molar refractivity (Wildman–Crippen MR) is 117 cm³/mol. The van der Waals surface area contributed by atoms with Crippen LogP contribution >= 0.6 is 0 Å². The summed E-state index contributed by atoms with van der Waals surface area (Å²) in [6, 6.07) is 24.8. The van der Waals surface area contributed by atoms with Crippen LogP contribution in [0.2, 0.25) is 0 Å². The molecule has 1 heterocycles. The molecule has 4 rings (SSSR count). The largest absolute Gasteiger partial charge is 0.339 e. The number of benzene rings is 3. The molecule has 2 amide bonds. The molecule has 29 heavy (non-hydrogen) atoms. The van der Waals surface area contributed by atoms with Crippen molar-refractivity contribution in [1.82, 2.24) is 0 Å². The number of hydrogen-bond donors (Lipinski definition) is 0. The van der Waals surface area contributed by atoms with Crippen LogP contribution in [0, 0.1) is 13.8 Å². The van der Waals surface area contributed by atoms with Crippen molar-refractivity contribution in [3.05, 3.63) is 101 Å². The molecule has 4 heteroatoms. The van der Waals surface area contributed by atoms with Crippen molar-refractivity contribution in [1.29, 1.82) is 0 Å². The summed E-state index contributed by atoms with van der Waals surface area (Å²) in [6.07, 6.45) is 0. The van der Waals surface area contributed by atoms with Gasteiger partial charge in [-0.15, -0.1) is 0 Å². The van der Waals surface area contributed by atoms with E-state index in [4.69, 9.17) is 0 Å². The van der Waals surface area contributed by atoms with E-state index in [2.05, 4.69) is 0 Å². The minimum absolute atomic E-state index is 0.298. The van der Waals surface area contributed by atoms with Gasteiger partial charge in [0.2, 0.25) is 0 Å². The van der Waals surface area contributed by atoms with Crippen LogP contribution in [-0.4, -0.2) is 18.9 Å². The van der Waals surface area contributed by atoms with Crippen molar-refractivity contribution in [2.45, 2.75) is 13.8 Å². The van der Waals surface area contributed by atoms with Crippen LogP contribution in [0.5, 0.6) is 0 Å². The van der Waals surface area contributed by atoms with Crippen molar-refractivity contribution in [2.24, 2.45) is 0 Å². The van der Waals surface area contributed by atoms with Crippen molar-refractivity contribution >= 4 is 28.8 Å². The van der Waals surface area contributed by atoms with Crippen LogP contribution in [0.1, 0.15) is 16.7 Å². The molecule has 0 saturated heterocycles. The molecule has 0 aliphatic carbocycles. The molecule has 0 fully saturated rings. The number of anilines is 2. The van der Waals surface area contributed by atoms with Crippen LogP contribution < -0.4 is 9.80 Å². The molecule has 0 aromatic heterocycles. The Kier molecular flexibility index (Phi) is 4.77. The Bertz CT molecular complexity index is 1120. The summed E-state index contributed by atoms with van der Waals surface area (Å²) in [4.78, 5) is 30.2. The molecule has 144 valence electrons. The van der Waals surface area contributed by atoms with Gasteiger partial charge >= 0.3 is 0 Å². The summed E-state index contributed by atoms with van der Waals surface area (Å²) in [5.41, 5.74) is 4.89. The Morgan fingerprint density at radius 1 is 0.759 bits per heavy atom. The maximum Gasteiger partial charge on any atom is 0.282 e. The second kappa shape index (κ2) is 7.40. The summed E-state index contributed by atoms with van der Waals surface area (Å²) in [6.45, 7) is 3.87. The number of nitrogens with zero attached hydrogens (tertiary/aromatic N) is 2. The Balaban J connectivity index is 1.90. The lowest BCUT2D eigenvalue weighted by Crippen LogP contribution is -2.34. The molecule has 1 aliphatic rings. The zero-order valence-corrected chi connectivity index (χ0v) is 16.7. The lowest BCUT2D eigenvalue weighted by molar-refractivity contribution is -0.120. The van der Waals surface area contributed by atoms with Gasteiger partial charge in [0.15, 0.2) is 0 Å². The van der Waals surface area contributed by atoms with Gasteiger partial charge in [0.05, 0.1) is 11.3 Å². The molecule has 4 nitrogen and oxygen atoms in total. The quantitative estimate of drug-likeness (QED) is 0.613. The smallest absolute Gasteiger partial charge is 0.282 e. The Morgan fingerprint density at radius 2 is 1.38 bits per heavy atom. The predicted octanol–water partition coefficient (Wildman–Crippen LogP) is 4.72. The highest BCUT2D eigenvalue weighted by atomic mass is 16.2. The second-order valence-corrected chi connectivity index (χ2v) is 7.22. The molecular weight excluding hydrogens is 360 g/mol. The van der Waals surface area contributed by atoms with Gasteiger partial charge in [-0.05, 0) is 48.7 Å². The maximum absolute atomic E-state index is 13.6. The first-order valence-electron chi connectivity index (χ1n) is 9.53. The summed E-state index contributed by atoms with van der Waals surface area (Å²) < 4.78 is 0. The summed E-state index contributed by atoms with van der Waals surface area (Å²) >= 11 is 0. The Hall–Kier alpha value is -3.66. The summed E-state index contributed by atoms with van der Waals surface area (Å²) in [5.74, 6) is -0.610. The van der Waals surface area contributed by atoms with Crippen molar-refractivity contribution < 1.29 is 9.59 Å². The van der Waals surface area contributed by atoms with Gasteiger partial charge in [0, 0.05) is 12.7 Å². The van der Waals surface area contributed by atoms with E-state index < -0.39 is 0 Å². The summed E-state index contributed by atoms with van der Waals surface area (Å²) in [7, 11) is 1.82. The van der Waals surface area contributed by atoms with Gasteiger partial charge < -0.3 is 4.90 Å². The normalized spacial score (nSPS) is 14.0. The SMILES string of the molecule is Cc1ccc(C)c(N2C(=O)C(c3ccccc3)=C(N(C)c3ccccc3)C2=O)c1. The van der Waals surface area contributed by atoms with E-state index in [1.54, 1.807) is 4.90 Å². The Labute approximate surface area is 170 Å². The van der Waals surface area contributed by atoms with E-state index in [0.717, 1.165) is 22.4 Å². The van der Waals surface area contributed by atoms with E-state index in [9.17, 15) is 9.59 Å². The number of aryl methyl sites for hydroxylation is 2. The Morgan fingerprint density at radius 3 is 2.03 bits per heavy atom. The first kappa shape index (κ1) is 18.7. The number of para-hydroxylation sites is 1. The maximum atomic E-state index is 13.6. The van der Waals surface area contributed by atoms with E-state index in [1.165, 1.54) is 4.90 Å². The molecule has 0 spiro atoms. The lowest BCUT2D eigenvalue weighted by Gasteiger charge is -2.22. The molecule has 1 aliphatic heterocycles. The average molecular weight is 382 g/mol. The lowest BCUT2D eigenvalue weighted by atomic mass is 10.0. The van der Waals surface area contributed by atoms with E-state index in [1.807, 2.05) is 99.8 Å². The fraction of sp³-hybridized carbons (Fsp3) is 0.120. The van der Waals surface area contributed by atoms with Gasteiger partial charge in [0.25, 0.3) is 11.8 Å². The van der Waals surface area contributed by atoms with Crippen molar-refractivity contribution in [2.75, 3.05) is 16.8 Å². The minimum Gasteiger partial charge on any atom is -0.339 e. The van der Waals surface area contributed by atoms with E-state index in [-0.39, 0.29) is 11.8 Å². The highest BCUT2D eigenvalue weighted by Gasteiger charge is 2.42. The molecule has 0 bridgehead atoms. The van der Waals surface area contributed by atoms with E-state index >= 15 is 0 Å². The number of likely N-dealkylation sites (N-methyl/N-ethyl adjacent to an activating group) is 1. The molecule has 0 N–H and O–H groups in total. The zero-order valence-electron chi connectivity index (χ0n) is 16.7. The van der Waals surface area contributed by atoms with Crippen LogP contribution in [0.25, 0.3) is 5.57 Å². The number of rotatable bonds is 4. The molecule has 3 aromatic carbocycles. The standard InChI is InChI=1S/C25H22N2O2/c1-17-14-15-18(2)21(16-17)27-24(28)22(19-10-6-4-7-11-19)23(25(27)29)26(3)20-12-8-5-9-13-20/h4-16H,1-3H3. The second-order valence-electron chi connectivity index (χ2n) is 7.22. The minimum atomic E-state index is -0.311. The topological polar surface area (TPSA) is 40.6 Å². The van der Waals surface area contributed by atoms with Crippen LogP contribution in [-0.2, 0) is 9.59 Å². The van der Waals surface area contributed by atoms with Crippen LogP contribution in [0.4, 0.5) is 11.4 Å². The molecule has 0 atom stereocenters. The zero-order chi connectivity index (χ0) is 20.5. The number of carbonyl (C=O) groups is 2. The molecule has 0 saturated carbocycles. The third kappa shape index (κ3) is 3.23. The first-order chi connectivity index (χ1) is 14.0. The number of imide groups is 1. The van der Waals surface area contributed by atoms with Gasteiger partial charge in [-0.3, -0.25) is 9.59 Å². The van der Waals surface area contributed by atoms with Gasteiger partial charge in [0.1, 0.15) is 5.70 Å². The van der Waals surface area contributed by atoms with Crippen molar-refractivity contribution in [3.63, 3.8) is 0 Å². The number of amides is 2. The fourth-order valence-electron chi connectivity index (χ4n) is 3.65. The molecular formula is C25H22N2O2. The molecule has 0 radical (unpaired) electrons. The summed E-state index contributed by atoms with van der Waals surface area (Å²) in [5, 5.41) is 0. The third-order valence-corrected chi connectivity index (χ3v) is 5.21. The van der Waals surface area contributed by atoms with Gasteiger partial charge in [-0.25, -0.2) is 4.90 Å². The number of hydrogen-bond acceptors (Lipinski definition) is 3.